The van der Waals surface area contributed by atoms with E-state index < -0.39 is 5.91 Å². The number of ether oxygens (including phenoxy) is 1. The van der Waals surface area contributed by atoms with Gasteiger partial charge in [-0.1, -0.05) is 12.1 Å². The predicted octanol–water partition coefficient (Wildman–Crippen LogP) is 0.155. The van der Waals surface area contributed by atoms with Gasteiger partial charge in [0, 0.05) is 20.3 Å². The highest BCUT2D eigenvalue weighted by molar-refractivity contribution is 5.93. The van der Waals surface area contributed by atoms with Crippen molar-refractivity contribution in [2.24, 2.45) is 0 Å². The maximum absolute atomic E-state index is 12.5. The van der Waals surface area contributed by atoms with Gasteiger partial charge < -0.3 is 15.2 Å². The standard InChI is InChI=1S/C15H19N3O4/c1-22-10-8-18-13(14(20)16-7-4-9-19)17-12-6-3-2-5-11(12)15(18)21/h2-3,5-6,19H,4,7-10H2,1H3,(H,16,20). The van der Waals surface area contributed by atoms with E-state index in [4.69, 9.17) is 9.84 Å². The Labute approximate surface area is 127 Å². The van der Waals surface area contributed by atoms with Gasteiger partial charge in [-0.05, 0) is 18.6 Å². The largest absolute Gasteiger partial charge is 0.396 e. The third kappa shape index (κ3) is 3.49. The molecule has 0 bridgehead atoms. The number of methoxy groups -OCH3 is 1. The highest BCUT2D eigenvalue weighted by atomic mass is 16.5. The number of aliphatic hydroxyl groups excluding tert-OH is 1. The monoisotopic (exact) mass is 305 g/mol. The molecular formula is C15H19N3O4. The van der Waals surface area contributed by atoms with E-state index in [1.807, 2.05) is 0 Å². The number of para-hydroxylation sites is 1. The van der Waals surface area contributed by atoms with Crippen molar-refractivity contribution in [2.75, 3.05) is 26.9 Å². The average Bonchev–Trinajstić information content (AvgIpc) is 2.54. The van der Waals surface area contributed by atoms with Crippen LogP contribution in [-0.2, 0) is 11.3 Å². The second-order valence-electron chi connectivity index (χ2n) is 4.74. The van der Waals surface area contributed by atoms with Gasteiger partial charge in [0.2, 0.25) is 5.82 Å². The van der Waals surface area contributed by atoms with Crippen molar-refractivity contribution < 1.29 is 14.6 Å². The van der Waals surface area contributed by atoms with Gasteiger partial charge in [0.25, 0.3) is 11.5 Å². The maximum Gasteiger partial charge on any atom is 0.287 e. The van der Waals surface area contributed by atoms with E-state index >= 15 is 0 Å². The Morgan fingerprint density at radius 1 is 1.41 bits per heavy atom. The number of hydrogen-bond acceptors (Lipinski definition) is 5. The number of benzene rings is 1. The molecule has 1 aromatic heterocycles. The first-order chi connectivity index (χ1) is 10.7. The van der Waals surface area contributed by atoms with Gasteiger partial charge in [-0.25, -0.2) is 4.98 Å². The van der Waals surface area contributed by atoms with Crippen molar-refractivity contribution in [1.82, 2.24) is 14.9 Å². The topological polar surface area (TPSA) is 93.4 Å². The summed E-state index contributed by atoms with van der Waals surface area (Å²) in [5, 5.41) is 11.9. The van der Waals surface area contributed by atoms with E-state index in [2.05, 4.69) is 10.3 Å². The molecule has 0 fully saturated rings. The van der Waals surface area contributed by atoms with E-state index in [1.54, 1.807) is 24.3 Å². The molecule has 0 saturated heterocycles. The van der Waals surface area contributed by atoms with Crippen LogP contribution < -0.4 is 10.9 Å². The van der Waals surface area contributed by atoms with Gasteiger partial charge in [0.15, 0.2) is 0 Å². The van der Waals surface area contributed by atoms with Gasteiger partial charge in [-0.2, -0.15) is 0 Å². The number of rotatable bonds is 7. The molecule has 0 spiro atoms. The fourth-order valence-electron chi connectivity index (χ4n) is 2.09. The number of amides is 1. The molecule has 7 heteroatoms. The number of aliphatic hydroxyl groups is 1. The van der Waals surface area contributed by atoms with Crippen molar-refractivity contribution in [1.29, 1.82) is 0 Å². The van der Waals surface area contributed by atoms with Gasteiger partial charge in [-0.15, -0.1) is 0 Å². The SMILES string of the molecule is COCCn1c(C(=O)NCCCO)nc2ccccc2c1=O. The lowest BCUT2D eigenvalue weighted by atomic mass is 10.2. The first-order valence-corrected chi connectivity index (χ1v) is 7.06. The summed E-state index contributed by atoms with van der Waals surface area (Å²) >= 11 is 0. The molecule has 0 aliphatic rings. The van der Waals surface area contributed by atoms with Crippen LogP contribution in [0.15, 0.2) is 29.1 Å². The lowest BCUT2D eigenvalue weighted by molar-refractivity contribution is 0.0931. The number of nitrogens with zero attached hydrogens (tertiary/aromatic N) is 2. The second kappa shape index (κ2) is 7.67. The molecule has 0 aliphatic carbocycles. The second-order valence-corrected chi connectivity index (χ2v) is 4.74. The number of carbonyl (C=O) groups is 1. The number of nitrogens with one attached hydrogen (secondary N) is 1. The Bertz CT molecular complexity index is 711. The molecule has 1 aromatic carbocycles. The molecule has 1 amide bonds. The normalized spacial score (nSPS) is 10.8. The summed E-state index contributed by atoms with van der Waals surface area (Å²) in [7, 11) is 1.53. The van der Waals surface area contributed by atoms with E-state index in [0.717, 1.165) is 0 Å². The molecule has 118 valence electrons. The Balaban J connectivity index is 2.45. The molecule has 0 unspecified atom stereocenters. The van der Waals surface area contributed by atoms with Crippen LogP contribution in [0.4, 0.5) is 0 Å². The molecule has 2 rings (SSSR count). The molecule has 0 saturated carbocycles. The fraction of sp³-hybridized carbons (Fsp3) is 0.400. The first-order valence-electron chi connectivity index (χ1n) is 7.06. The van der Waals surface area contributed by atoms with Crippen molar-refractivity contribution in [3.8, 4) is 0 Å². The minimum Gasteiger partial charge on any atom is -0.396 e. The highest BCUT2D eigenvalue weighted by Gasteiger charge is 2.16. The Morgan fingerprint density at radius 3 is 2.91 bits per heavy atom. The van der Waals surface area contributed by atoms with Gasteiger partial charge in [0.05, 0.1) is 24.1 Å². The number of fused-ring (bicyclic) bond motifs is 1. The summed E-state index contributed by atoms with van der Waals surface area (Å²) in [6.45, 7) is 0.858. The van der Waals surface area contributed by atoms with Crippen LogP contribution in [0.1, 0.15) is 17.0 Å². The van der Waals surface area contributed by atoms with Crippen LogP contribution in [0.5, 0.6) is 0 Å². The van der Waals surface area contributed by atoms with E-state index in [1.165, 1.54) is 11.7 Å². The van der Waals surface area contributed by atoms with Crippen molar-refractivity contribution in [2.45, 2.75) is 13.0 Å². The maximum atomic E-state index is 12.5. The fourth-order valence-corrected chi connectivity index (χ4v) is 2.09. The third-order valence-corrected chi connectivity index (χ3v) is 3.20. The summed E-state index contributed by atoms with van der Waals surface area (Å²) in [5.74, 6) is -0.383. The van der Waals surface area contributed by atoms with E-state index in [9.17, 15) is 9.59 Å². The summed E-state index contributed by atoms with van der Waals surface area (Å²) in [6.07, 6.45) is 0.446. The molecule has 22 heavy (non-hydrogen) atoms. The summed E-state index contributed by atoms with van der Waals surface area (Å²) < 4.78 is 6.31. The Kier molecular flexibility index (Phi) is 5.62. The molecule has 2 aromatic rings. The number of carbonyl (C=O) groups excluding carboxylic acids is 1. The zero-order valence-electron chi connectivity index (χ0n) is 12.4. The summed E-state index contributed by atoms with van der Waals surface area (Å²) in [6, 6.07) is 6.90. The van der Waals surface area contributed by atoms with Crippen molar-refractivity contribution in [3.05, 3.63) is 40.4 Å². The van der Waals surface area contributed by atoms with Crippen LogP contribution in [0.25, 0.3) is 10.9 Å². The van der Waals surface area contributed by atoms with Crippen molar-refractivity contribution in [3.63, 3.8) is 0 Å². The number of aromatic nitrogens is 2. The van der Waals surface area contributed by atoms with Gasteiger partial charge >= 0.3 is 0 Å². The molecule has 7 nitrogen and oxygen atoms in total. The smallest absolute Gasteiger partial charge is 0.287 e. The lowest BCUT2D eigenvalue weighted by Crippen LogP contribution is -2.35. The molecule has 2 N–H and O–H groups in total. The minimum atomic E-state index is -0.438. The third-order valence-electron chi connectivity index (χ3n) is 3.20. The Morgan fingerprint density at radius 2 is 2.18 bits per heavy atom. The van der Waals surface area contributed by atoms with Crippen LogP contribution in [0, 0.1) is 0 Å². The van der Waals surface area contributed by atoms with Gasteiger partial charge in [0.1, 0.15) is 0 Å². The quantitative estimate of drug-likeness (QED) is 0.711. The highest BCUT2D eigenvalue weighted by Crippen LogP contribution is 2.08. The molecule has 1 heterocycles. The van der Waals surface area contributed by atoms with Crippen LogP contribution >= 0.6 is 0 Å². The van der Waals surface area contributed by atoms with E-state index in [-0.39, 0.29) is 24.5 Å². The zero-order chi connectivity index (χ0) is 15.9. The van der Waals surface area contributed by atoms with Crippen LogP contribution in [0.3, 0.4) is 0 Å². The summed E-state index contributed by atoms with van der Waals surface area (Å²) in [4.78, 5) is 29.1. The molecule has 0 atom stereocenters. The first kappa shape index (κ1) is 16.1. The Hall–Kier alpha value is -2.25. The van der Waals surface area contributed by atoms with Crippen LogP contribution in [0.2, 0.25) is 0 Å². The molecular weight excluding hydrogens is 286 g/mol. The zero-order valence-corrected chi connectivity index (χ0v) is 12.4. The van der Waals surface area contributed by atoms with Crippen LogP contribution in [-0.4, -0.2) is 47.4 Å². The average molecular weight is 305 g/mol. The van der Waals surface area contributed by atoms with Crippen molar-refractivity contribution >= 4 is 16.8 Å². The molecule has 0 aliphatic heterocycles. The predicted molar refractivity (Wildman–Crippen MR) is 81.9 cm³/mol. The lowest BCUT2D eigenvalue weighted by Gasteiger charge is -2.13. The van der Waals surface area contributed by atoms with Gasteiger partial charge in [-0.3, -0.25) is 14.2 Å². The number of hydrogen-bond donors (Lipinski definition) is 2. The minimum absolute atomic E-state index is 0.0120. The summed E-state index contributed by atoms with van der Waals surface area (Å²) in [5.41, 5.74) is 0.212. The van der Waals surface area contributed by atoms with E-state index in [0.29, 0.717) is 30.5 Å². The molecule has 0 radical (unpaired) electrons.